The zero-order valence-electron chi connectivity index (χ0n) is 26.2. The van der Waals surface area contributed by atoms with Gasteiger partial charge in [0.25, 0.3) is 5.91 Å². The number of benzene rings is 1. The largest absolute Gasteiger partial charge is 0.461 e. The fraction of sp³-hybridized carbons (Fsp3) is 0.655. The minimum atomic E-state index is -6.19. The van der Waals surface area contributed by atoms with Crippen LogP contribution in [0.25, 0.3) is 0 Å². The van der Waals surface area contributed by atoms with Gasteiger partial charge in [0.2, 0.25) is 15.8 Å². The van der Waals surface area contributed by atoms with Gasteiger partial charge in [-0.2, -0.15) is 30.7 Å². The zero-order valence-corrected chi connectivity index (χ0v) is 27.0. The monoisotopic (exact) mass is 683 g/mol. The van der Waals surface area contributed by atoms with E-state index in [1.54, 1.807) is 13.8 Å². The molecular formula is C29H40F5N4O7S+. The minimum absolute atomic E-state index is 0.00435. The molecule has 0 aromatic heterocycles. The molecule has 2 aliphatic heterocycles. The molecule has 0 radical (unpaired) electrons. The molecule has 258 valence electrons. The Hall–Kier alpha value is -3.02. The number of rotatable bonds is 10. The Kier molecular flexibility index (Phi) is 11.4. The van der Waals surface area contributed by atoms with Crippen molar-refractivity contribution < 1.29 is 58.8 Å². The maximum absolute atomic E-state index is 14.2. The van der Waals surface area contributed by atoms with E-state index in [-0.39, 0.29) is 43.3 Å². The summed E-state index contributed by atoms with van der Waals surface area (Å²) in [5, 5.41) is 4.59. The molecule has 17 heteroatoms. The lowest BCUT2D eigenvalue weighted by atomic mass is 9.95. The third-order valence-corrected chi connectivity index (χ3v) is 10.4. The number of imide groups is 1. The van der Waals surface area contributed by atoms with Crippen molar-refractivity contribution in [1.29, 1.82) is 0 Å². The molecule has 11 nitrogen and oxygen atoms in total. The van der Waals surface area contributed by atoms with Crippen LogP contribution in [0.2, 0.25) is 0 Å². The number of likely N-dealkylation sites (tertiary alicyclic amines) is 1. The Labute approximate surface area is 264 Å². The SMILES string of the molecule is CC(C)C(NC(=O)[N+]1(C(=O)[C@@H](NC(=O)c2ccc(S(=O)(=O)N3CCOCC3)cc2)C(C)C)CCC[C@H]1C)C(=O)C(F)(F)C(F)(F)F. The van der Waals surface area contributed by atoms with Gasteiger partial charge in [0.15, 0.2) is 0 Å². The van der Waals surface area contributed by atoms with E-state index in [0.717, 1.165) is 0 Å². The topological polar surface area (TPSA) is 139 Å². The van der Waals surface area contributed by atoms with Crippen LogP contribution in [0.3, 0.4) is 0 Å². The third-order valence-electron chi connectivity index (χ3n) is 8.48. The number of urea groups is 1. The average Bonchev–Trinajstić information content (AvgIpc) is 3.39. The van der Waals surface area contributed by atoms with Crippen LogP contribution >= 0.6 is 0 Å². The first-order valence-electron chi connectivity index (χ1n) is 14.9. The number of Topliss-reactive ketones (excluding diaryl/α,β-unsaturated/α-hetero) is 1. The van der Waals surface area contributed by atoms with E-state index in [4.69, 9.17) is 4.74 Å². The van der Waals surface area contributed by atoms with E-state index in [1.165, 1.54) is 49.3 Å². The van der Waals surface area contributed by atoms with Gasteiger partial charge in [-0.15, -0.1) is 0 Å². The number of hydrogen-bond acceptors (Lipinski definition) is 7. The van der Waals surface area contributed by atoms with Crippen molar-refractivity contribution in [3.8, 4) is 0 Å². The summed E-state index contributed by atoms with van der Waals surface area (Å²) in [7, 11) is -3.84. The molecule has 0 aliphatic carbocycles. The van der Waals surface area contributed by atoms with Crippen LogP contribution in [0.1, 0.15) is 57.8 Å². The highest BCUT2D eigenvalue weighted by atomic mass is 32.2. The average molecular weight is 684 g/mol. The van der Waals surface area contributed by atoms with Crippen molar-refractivity contribution in [2.45, 2.75) is 82.6 Å². The molecule has 2 fully saturated rings. The van der Waals surface area contributed by atoms with E-state index >= 15 is 0 Å². The van der Waals surface area contributed by atoms with Gasteiger partial charge in [-0.05, 0) is 43.0 Å². The molecule has 4 amide bonds. The highest BCUT2D eigenvalue weighted by molar-refractivity contribution is 7.89. The van der Waals surface area contributed by atoms with Gasteiger partial charge in [0.1, 0.15) is 18.1 Å². The lowest BCUT2D eigenvalue weighted by Gasteiger charge is -2.38. The van der Waals surface area contributed by atoms with Crippen molar-refractivity contribution in [3.63, 3.8) is 0 Å². The lowest BCUT2D eigenvalue weighted by Crippen LogP contribution is -2.70. The maximum atomic E-state index is 14.2. The number of morpholine rings is 1. The Balaban J connectivity index is 1.88. The number of alkyl halides is 5. The second-order valence-electron chi connectivity index (χ2n) is 12.3. The Morgan fingerprint density at radius 3 is 1.91 bits per heavy atom. The number of quaternary nitrogens is 1. The summed E-state index contributed by atoms with van der Waals surface area (Å²) in [5.41, 5.74) is 0.00435. The first-order chi connectivity index (χ1) is 21.2. The summed E-state index contributed by atoms with van der Waals surface area (Å²) in [6, 6.07) is -0.566. The number of ketones is 1. The predicted octanol–water partition coefficient (Wildman–Crippen LogP) is 3.49. The molecule has 0 bridgehead atoms. The van der Waals surface area contributed by atoms with E-state index < -0.39 is 80.2 Å². The molecule has 0 spiro atoms. The number of sulfonamides is 1. The first-order valence-corrected chi connectivity index (χ1v) is 16.3. The van der Waals surface area contributed by atoms with Gasteiger partial charge in [-0.1, -0.05) is 27.7 Å². The first kappa shape index (κ1) is 37.4. The summed E-state index contributed by atoms with van der Waals surface area (Å²) < 4.78 is 98.4. The van der Waals surface area contributed by atoms with Gasteiger partial charge in [0.05, 0.1) is 24.7 Å². The van der Waals surface area contributed by atoms with Crippen LogP contribution in [0.5, 0.6) is 0 Å². The third kappa shape index (κ3) is 7.26. The van der Waals surface area contributed by atoms with Crippen molar-refractivity contribution in [1.82, 2.24) is 14.9 Å². The van der Waals surface area contributed by atoms with Crippen LogP contribution in [0.4, 0.5) is 26.7 Å². The fourth-order valence-corrected chi connectivity index (χ4v) is 7.03. The van der Waals surface area contributed by atoms with Crippen molar-refractivity contribution in [2.24, 2.45) is 11.8 Å². The highest BCUT2D eigenvalue weighted by Crippen LogP contribution is 2.38. The van der Waals surface area contributed by atoms with Gasteiger partial charge >= 0.3 is 24.0 Å². The number of nitrogens with one attached hydrogen (secondary N) is 2. The molecule has 2 heterocycles. The van der Waals surface area contributed by atoms with Gasteiger partial charge in [0, 0.05) is 31.5 Å². The number of carbonyl (C=O) groups excluding carboxylic acids is 4. The lowest BCUT2D eigenvalue weighted by molar-refractivity contribution is -0.786. The molecular weight excluding hydrogens is 643 g/mol. The summed E-state index contributed by atoms with van der Waals surface area (Å²) in [5.74, 6) is -11.7. The smallest absolute Gasteiger partial charge is 0.379 e. The number of carbonyl (C=O) groups is 4. The summed E-state index contributed by atoms with van der Waals surface area (Å²) in [6.45, 7) is 7.76. The van der Waals surface area contributed by atoms with Crippen LogP contribution in [-0.2, 0) is 24.3 Å². The second kappa shape index (κ2) is 14.0. The summed E-state index contributed by atoms with van der Waals surface area (Å²) in [6.07, 6.45) is -5.56. The number of halogens is 5. The maximum Gasteiger partial charge on any atom is 0.461 e. The van der Waals surface area contributed by atoms with Crippen molar-refractivity contribution in [3.05, 3.63) is 29.8 Å². The summed E-state index contributed by atoms with van der Waals surface area (Å²) in [4.78, 5) is 53.5. The Morgan fingerprint density at radius 1 is 0.913 bits per heavy atom. The quantitative estimate of drug-likeness (QED) is 0.285. The molecule has 2 unspecified atom stereocenters. The number of ether oxygens (including phenoxy) is 1. The van der Waals surface area contributed by atoms with Crippen LogP contribution < -0.4 is 10.6 Å². The molecule has 2 saturated heterocycles. The molecule has 3 rings (SSSR count). The molecule has 1 aromatic rings. The summed E-state index contributed by atoms with van der Waals surface area (Å²) >= 11 is 0. The van der Waals surface area contributed by atoms with Gasteiger partial charge in [-0.25, -0.2) is 18.0 Å². The molecule has 2 N–H and O–H groups in total. The standard InChI is InChI=1S/C29H39F5N4O7S/c1-17(2)22(24(39)28(30,31)29(32,33)34)36-27(42)38(14-6-7-19(38)5)26(41)23(18(3)4)35-25(40)20-8-10-21(11-9-20)46(43,44)37-12-15-45-16-13-37/h8-11,17-19,22-23H,6-7,12-16H2,1-5H3,(H-,35,36,40,42)/p+1/t19-,22?,23+,38?/m1/s1. The van der Waals surface area contributed by atoms with Crippen LogP contribution in [0.15, 0.2) is 29.2 Å². The van der Waals surface area contributed by atoms with Crippen LogP contribution in [-0.4, -0.2) is 104 Å². The van der Waals surface area contributed by atoms with Crippen molar-refractivity contribution >= 4 is 33.7 Å². The molecule has 46 heavy (non-hydrogen) atoms. The normalized spacial score (nSPS) is 22.8. The molecule has 1 aromatic carbocycles. The molecule has 0 saturated carbocycles. The zero-order chi connectivity index (χ0) is 34.8. The predicted molar refractivity (Wildman–Crippen MR) is 154 cm³/mol. The fourth-order valence-electron chi connectivity index (χ4n) is 5.62. The highest BCUT2D eigenvalue weighted by Gasteiger charge is 2.65. The van der Waals surface area contributed by atoms with E-state index in [2.05, 4.69) is 5.32 Å². The number of hydrogen-bond donors (Lipinski definition) is 2. The van der Waals surface area contributed by atoms with Crippen molar-refractivity contribution in [2.75, 3.05) is 32.8 Å². The molecule has 2 aliphatic rings. The number of amides is 4. The minimum Gasteiger partial charge on any atom is -0.379 e. The second-order valence-corrected chi connectivity index (χ2v) is 14.2. The van der Waals surface area contributed by atoms with Gasteiger partial charge < -0.3 is 10.1 Å². The number of nitrogens with zero attached hydrogens (tertiary/aromatic N) is 2. The van der Waals surface area contributed by atoms with Crippen LogP contribution in [0, 0.1) is 11.8 Å². The van der Waals surface area contributed by atoms with Gasteiger partial charge in [-0.3, -0.25) is 14.9 Å². The Morgan fingerprint density at radius 2 is 1.46 bits per heavy atom. The van der Waals surface area contributed by atoms with E-state index in [0.29, 0.717) is 12.8 Å². The van der Waals surface area contributed by atoms with E-state index in [9.17, 15) is 49.5 Å². The van der Waals surface area contributed by atoms with E-state index in [1.807, 2.05) is 5.32 Å². The molecule has 4 atom stereocenters. The Bertz CT molecular complexity index is 1410.